The molecule has 0 N–H and O–H groups in total. The van der Waals surface area contributed by atoms with Gasteiger partial charge in [0.05, 0.1) is 5.03 Å². The van der Waals surface area contributed by atoms with Crippen LogP contribution in [0.15, 0.2) is 10.1 Å². The Labute approximate surface area is 121 Å². The van der Waals surface area contributed by atoms with Crippen molar-refractivity contribution in [1.82, 2.24) is 0 Å². The van der Waals surface area contributed by atoms with Crippen molar-refractivity contribution in [3.8, 4) is 0 Å². The molecule has 0 fully saturated rings. The van der Waals surface area contributed by atoms with Crippen LogP contribution < -0.4 is 0 Å². The lowest BCUT2D eigenvalue weighted by molar-refractivity contribution is 0.599. The van der Waals surface area contributed by atoms with Crippen molar-refractivity contribution in [2.45, 2.75) is 19.4 Å². The molecule has 82 valence electrons. The lowest BCUT2D eigenvalue weighted by Gasteiger charge is -2.44. The van der Waals surface area contributed by atoms with Gasteiger partial charge in [0.15, 0.2) is 13.0 Å². The lowest BCUT2D eigenvalue weighted by Crippen LogP contribution is -2.53. The first-order valence-electron chi connectivity index (χ1n) is 3.22. The summed E-state index contributed by atoms with van der Waals surface area (Å²) in [5, 5.41) is 0.0722. The third-order valence-electron chi connectivity index (χ3n) is 1.74. The van der Waals surface area contributed by atoms with Crippen LogP contribution >= 0.6 is 92.8 Å². The van der Waals surface area contributed by atoms with Gasteiger partial charge in [-0.2, -0.15) is 0 Å². The van der Waals surface area contributed by atoms with Gasteiger partial charge in [0, 0.05) is 11.5 Å². The Morgan fingerprint density at radius 3 is 1.71 bits per heavy atom. The number of alkyl halides is 6. The van der Waals surface area contributed by atoms with Crippen molar-refractivity contribution in [2.75, 3.05) is 0 Å². The molecule has 0 atom stereocenters. The zero-order valence-corrected chi connectivity index (χ0v) is 12.3. The molecule has 0 aromatic rings. The predicted octanol–water partition coefficient (Wildman–Crippen LogP) is 5.60. The van der Waals surface area contributed by atoms with E-state index in [-0.39, 0.29) is 16.5 Å². The standard InChI is InChI=1S/C6H2Cl8/c7-2-1-4(9,10)6(13,14)5(11,12)3(2)8/h1H2. The summed E-state index contributed by atoms with van der Waals surface area (Å²) in [5.41, 5.74) is 0. The van der Waals surface area contributed by atoms with E-state index in [1.54, 1.807) is 0 Å². The predicted molar refractivity (Wildman–Crippen MR) is 66.7 cm³/mol. The molecule has 1 aliphatic carbocycles. The molecule has 14 heavy (non-hydrogen) atoms. The maximum absolute atomic E-state index is 5.88. The first-order chi connectivity index (χ1) is 6.04. The fourth-order valence-electron chi connectivity index (χ4n) is 0.921. The molecule has 0 saturated carbocycles. The van der Waals surface area contributed by atoms with E-state index in [0.717, 1.165) is 0 Å². The monoisotopic (exact) mass is 354 g/mol. The maximum Gasteiger partial charge on any atom is 0.190 e. The molecule has 1 aliphatic rings. The molecular formula is C6H2Cl8. The van der Waals surface area contributed by atoms with Crippen LogP contribution in [0.5, 0.6) is 0 Å². The topological polar surface area (TPSA) is 0 Å². The SMILES string of the molecule is ClC1=C(Cl)C(Cl)(Cl)C(Cl)(Cl)C(Cl)(Cl)C1. The second-order valence-corrected chi connectivity index (χ2v) is 7.72. The van der Waals surface area contributed by atoms with E-state index in [0.29, 0.717) is 0 Å². The lowest BCUT2D eigenvalue weighted by atomic mass is 10.0. The highest BCUT2D eigenvalue weighted by atomic mass is 35.5. The summed E-state index contributed by atoms with van der Waals surface area (Å²) in [6.45, 7) is 0. The van der Waals surface area contributed by atoms with E-state index in [2.05, 4.69) is 0 Å². The van der Waals surface area contributed by atoms with E-state index < -0.39 is 13.0 Å². The molecule has 0 bridgehead atoms. The summed E-state index contributed by atoms with van der Waals surface area (Å²) in [6, 6.07) is 0. The van der Waals surface area contributed by atoms with Gasteiger partial charge < -0.3 is 0 Å². The van der Waals surface area contributed by atoms with Crippen LogP contribution in [0.3, 0.4) is 0 Å². The number of hydrogen-bond donors (Lipinski definition) is 0. The van der Waals surface area contributed by atoms with Gasteiger partial charge in [-0.1, -0.05) is 92.8 Å². The normalized spacial score (nSPS) is 29.1. The second-order valence-electron chi connectivity index (χ2n) is 2.75. The van der Waals surface area contributed by atoms with Gasteiger partial charge >= 0.3 is 0 Å². The molecule has 0 saturated heterocycles. The molecule has 0 heterocycles. The summed E-state index contributed by atoms with van der Waals surface area (Å²) < 4.78 is -5.28. The number of halogens is 8. The molecule has 0 spiro atoms. The largest absolute Gasteiger partial charge is 0.190 e. The van der Waals surface area contributed by atoms with Crippen LogP contribution in [0, 0.1) is 0 Å². The molecule has 0 amide bonds. The first kappa shape index (κ1) is 14.1. The van der Waals surface area contributed by atoms with Gasteiger partial charge in [-0.3, -0.25) is 0 Å². The summed E-state index contributed by atoms with van der Waals surface area (Å²) in [6.07, 6.45) is -0.0231. The summed E-state index contributed by atoms with van der Waals surface area (Å²) in [7, 11) is 0. The van der Waals surface area contributed by atoms with E-state index in [1.165, 1.54) is 0 Å². The second kappa shape index (κ2) is 4.07. The van der Waals surface area contributed by atoms with E-state index >= 15 is 0 Å². The van der Waals surface area contributed by atoms with Crippen molar-refractivity contribution in [3.63, 3.8) is 0 Å². The van der Waals surface area contributed by atoms with E-state index in [4.69, 9.17) is 92.8 Å². The van der Waals surface area contributed by atoms with Gasteiger partial charge in [-0.05, 0) is 0 Å². The molecule has 0 aliphatic heterocycles. The van der Waals surface area contributed by atoms with Crippen molar-refractivity contribution in [3.05, 3.63) is 10.1 Å². The van der Waals surface area contributed by atoms with E-state index in [1.807, 2.05) is 0 Å². The van der Waals surface area contributed by atoms with Gasteiger partial charge in [0.2, 0.25) is 0 Å². The Morgan fingerprint density at radius 2 is 1.29 bits per heavy atom. The van der Waals surface area contributed by atoms with Crippen LogP contribution in [-0.2, 0) is 0 Å². The first-order valence-corrected chi connectivity index (χ1v) is 6.24. The summed E-state index contributed by atoms with van der Waals surface area (Å²) >= 11 is 46.7. The molecule has 0 nitrogen and oxygen atoms in total. The molecular weight excluding hydrogens is 356 g/mol. The van der Waals surface area contributed by atoms with Crippen LogP contribution in [0.2, 0.25) is 0 Å². The zero-order valence-electron chi connectivity index (χ0n) is 6.23. The fraction of sp³-hybridized carbons (Fsp3) is 0.667. The number of hydrogen-bond acceptors (Lipinski definition) is 0. The Hall–Kier alpha value is 2.06. The smallest absolute Gasteiger partial charge is 0.0977 e. The third kappa shape index (κ3) is 1.95. The van der Waals surface area contributed by atoms with Crippen molar-refractivity contribution < 1.29 is 0 Å². The Morgan fingerprint density at radius 1 is 0.857 bits per heavy atom. The van der Waals surface area contributed by atoms with Crippen LogP contribution in [0.1, 0.15) is 6.42 Å². The fourth-order valence-corrected chi connectivity index (χ4v) is 3.42. The minimum Gasteiger partial charge on any atom is -0.0977 e. The van der Waals surface area contributed by atoms with Crippen molar-refractivity contribution >= 4 is 92.8 Å². The number of rotatable bonds is 0. The minimum atomic E-state index is -1.85. The van der Waals surface area contributed by atoms with Crippen molar-refractivity contribution in [1.29, 1.82) is 0 Å². The van der Waals surface area contributed by atoms with Crippen LogP contribution in [0.25, 0.3) is 0 Å². The highest BCUT2D eigenvalue weighted by Crippen LogP contribution is 2.63. The van der Waals surface area contributed by atoms with Gasteiger partial charge in [-0.15, -0.1) is 0 Å². The molecule has 8 heteroatoms. The van der Waals surface area contributed by atoms with Crippen LogP contribution in [0.4, 0.5) is 0 Å². The van der Waals surface area contributed by atoms with Gasteiger partial charge in [0.1, 0.15) is 0 Å². The third-order valence-corrected chi connectivity index (χ3v) is 6.63. The Kier molecular flexibility index (Phi) is 4.10. The molecule has 0 unspecified atom stereocenters. The zero-order chi connectivity index (χ0) is 11.4. The Balaban J connectivity index is 3.36. The molecule has 0 aromatic carbocycles. The maximum atomic E-state index is 5.88. The number of allylic oxidation sites excluding steroid dienone is 2. The highest BCUT2D eigenvalue weighted by Gasteiger charge is 2.65. The Bertz CT molecular complexity index is 288. The minimum absolute atomic E-state index is 0.0231. The van der Waals surface area contributed by atoms with Gasteiger partial charge in [-0.25, -0.2) is 0 Å². The molecule has 1 rings (SSSR count). The van der Waals surface area contributed by atoms with E-state index in [9.17, 15) is 0 Å². The van der Waals surface area contributed by atoms with Gasteiger partial charge in [0.25, 0.3) is 0 Å². The molecule has 0 aromatic heterocycles. The van der Waals surface area contributed by atoms with Crippen LogP contribution in [-0.4, -0.2) is 13.0 Å². The quantitative estimate of drug-likeness (QED) is 0.495. The average molecular weight is 358 g/mol. The summed E-state index contributed by atoms with van der Waals surface area (Å²) in [5.74, 6) is 0. The average Bonchev–Trinajstić information content (AvgIpc) is 1.99. The highest BCUT2D eigenvalue weighted by molar-refractivity contribution is 6.73. The van der Waals surface area contributed by atoms with Crippen molar-refractivity contribution in [2.24, 2.45) is 0 Å². The summed E-state index contributed by atoms with van der Waals surface area (Å²) in [4.78, 5) is 0. The molecule has 0 radical (unpaired) electrons.